The van der Waals surface area contributed by atoms with Gasteiger partial charge in [-0.05, 0) is 12.5 Å². The summed E-state index contributed by atoms with van der Waals surface area (Å²) >= 11 is 0. The number of nitro groups is 1. The number of aliphatic hydroxyl groups excluding tert-OH is 1. The van der Waals surface area contributed by atoms with Gasteiger partial charge < -0.3 is 15.7 Å². The molecule has 0 bridgehead atoms. The zero-order valence-corrected chi connectivity index (χ0v) is 11.0. The molecule has 0 aliphatic heterocycles. The molecule has 1 aromatic carbocycles. The highest BCUT2D eigenvalue weighted by Gasteiger charge is 2.27. The molecule has 6 nitrogen and oxygen atoms in total. The van der Waals surface area contributed by atoms with Crippen molar-refractivity contribution < 1.29 is 18.8 Å². The molecule has 1 aromatic rings. The van der Waals surface area contributed by atoms with Crippen molar-refractivity contribution in [3.63, 3.8) is 0 Å². The highest BCUT2D eigenvalue weighted by molar-refractivity contribution is 5.63. The average Bonchev–Trinajstić information content (AvgIpc) is 2.43. The first-order valence-electron chi connectivity index (χ1n) is 6.14. The first-order valence-corrected chi connectivity index (χ1v) is 6.14. The normalized spacial score (nSPS) is 11.2. The maximum Gasteiger partial charge on any atom is 0.287 e. The maximum absolute atomic E-state index is 12.9. The number of hydrogen-bond donors (Lipinski definition) is 3. The van der Waals surface area contributed by atoms with Gasteiger partial charge >= 0.3 is 0 Å². The van der Waals surface area contributed by atoms with Crippen LogP contribution in [0.2, 0.25) is 0 Å². The third-order valence-corrected chi connectivity index (χ3v) is 2.49. The molecule has 1 rings (SSSR count). The zero-order chi connectivity index (χ0) is 15.2. The molecule has 0 amide bonds. The molecular weight excluding hydrogens is 272 g/mol. The van der Waals surface area contributed by atoms with Crippen molar-refractivity contribution in [3.8, 4) is 0 Å². The summed E-state index contributed by atoms with van der Waals surface area (Å²) in [5, 5.41) is 24.6. The number of benzene rings is 1. The van der Waals surface area contributed by atoms with Gasteiger partial charge in [0.15, 0.2) is 0 Å². The number of hydrogen-bond acceptors (Lipinski definition) is 5. The van der Waals surface area contributed by atoms with Crippen molar-refractivity contribution in [1.82, 2.24) is 0 Å². The molecule has 0 unspecified atom stereocenters. The molecule has 0 aliphatic carbocycles. The summed E-state index contributed by atoms with van der Waals surface area (Å²) in [6, 6.07) is 4.02. The predicted octanol–water partition coefficient (Wildman–Crippen LogP) is 2.46. The fourth-order valence-electron chi connectivity index (χ4n) is 1.48. The van der Waals surface area contributed by atoms with Gasteiger partial charge in [-0.1, -0.05) is 6.92 Å². The highest BCUT2D eigenvalue weighted by atomic mass is 19.3. The van der Waals surface area contributed by atoms with E-state index in [1.54, 1.807) is 0 Å². The molecule has 0 saturated heterocycles. The summed E-state index contributed by atoms with van der Waals surface area (Å²) in [6.07, 6.45) is 0.827. The number of aliphatic hydroxyl groups is 1. The summed E-state index contributed by atoms with van der Waals surface area (Å²) in [6.45, 7) is 0.479. The number of rotatable bonds is 8. The lowest BCUT2D eigenvalue weighted by molar-refractivity contribution is -0.384. The Bertz CT molecular complexity index is 469. The van der Waals surface area contributed by atoms with E-state index in [1.165, 1.54) is 18.2 Å². The van der Waals surface area contributed by atoms with E-state index in [4.69, 9.17) is 5.11 Å². The third kappa shape index (κ3) is 4.96. The van der Waals surface area contributed by atoms with E-state index in [9.17, 15) is 18.9 Å². The van der Waals surface area contributed by atoms with E-state index in [1.807, 2.05) is 6.92 Å². The largest absolute Gasteiger partial charge is 0.390 e. The van der Waals surface area contributed by atoms with Crippen molar-refractivity contribution in [2.24, 2.45) is 0 Å². The Hall–Kier alpha value is -1.96. The lowest BCUT2D eigenvalue weighted by atomic mass is 10.2. The Labute approximate surface area is 114 Å². The zero-order valence-electron chi connectivity index (χ0n) is 11.0. The molecule has 0 atom stereocenters. The van der Waals surface area contributed by atoms with Crippen molar-refractivity contribution in [2.75, 3.05) is 30.3 Å². The lowest BCUT2D eigenvalue weighted by Gasteiger charge is -2.15. The van der Waals surface area contributed by atoms with Crippen molar-refractivity contribution in [3.05, 3.63) is 28.3 Å². The van der Waals surface area contributed by atoms with Crippen LogP contribution in [-0.4, -0.2) is 35.6 Å². The van der Waals surface area contributed by atoms with Crippen LogP contribution in [0.4, 0.5) is 25.8 Å². The van der Waals surface area contributed by atoms with Crippen LogP contribution in [0.5, 0.6) is 0 Å². The molecule has 8 heteroatoms. The van der Waals surface area contributed by atoms with Gasteiger partial charge in [-0.15, -0.1) is 0 Å². The quantitative estimate of drug-likeness (QED) is 0.505. The van der Waals surface area contributed by atoms with Crippen LogP contribution >= 0.6 is 0 Å². The molecule has 0 spiro atoms. The van der Waals surface area contributed by atoms with Gasteiger partial charge in [0.2, 0.25) is 0 Å². The Morgan fingerprint density at radius 1 is 1.30 bits per heavy atom. The van der Waals surface area contributed by atoms with Gasteiger partial charge in [0.1, 0.15) is 6.61 Å². The first-order chi connectivity index (χ1) is 9.38. The van der Waals surface area contributed by atoms with Gasteiger partial charge in [-0.3, -0.25) is 10.1 Å². The van der Waals surface area contributed by atoms with Crippen LogP contribution in [0.3, 0.4) is 0 Å². The maximum atomic E-state index is 12.9. The number of nitrogens with one attached hydrogen (secondary N) is 2. The lowest BCUT2D eigenvalue weighted by Crippen LogP contribution is -2.31. The molecule has 0 saturated carbocycles. The van der Waals surface area contributed by atoms with E-state index >= 15 is 0 Å². The Kier molecular flexibility index (Phi) is 5.63. The summed E-state index contributed by atoms with van der Waals surface area (Å²) in [4.78, 5) is 10.2. The van der Waals surface area contributed by atoms with Crippen LogP contribution < -0.4 is 10.6 Å². The van der Waals surface area contributed by atoms with Crippen LogP contribution in [-0.2, 0) is 0 Å². The monoisotopic (exact) mass is 289 g/mol. The second kappa shape index (κ2) is 6.99. The molecular formula is C12H17F2N3O3. The summed E-state index contributed by atoms with van der Waals surface area (Å²) in [5.41, 5.74) is 0.489. The highest BCUT2D eigenvalue weighted by Crippen LogP contribution is 2.25. The third-order valence-electron chi connectivity index (χ3n) is 2.49. The Morgan fingerprint density at radius 2 is 1.90 bits per heavy atom. The minimum absolute atomic E-state index is 0.194. The van der Waals surface area contributed by atoms with Crippen molar-refractivity contribution in [2.45, 2.75) is 19.3 Å². The second-order valence-electron chi connectivity index (χ2n) is 4.32. The number of nitrogens with zero attached hydrogens (tertiary/aromatic N) is 1. The summed E-state index contributed by atoms with van der Waals surface area (Å²) < 4.78 is 25.9. The Balaban J connectivity index is 2.88. The molecule has 0 fully saturated rings. The van der Waals surface area contributed by atoms with Crippen LogP contribution in [0, 0.1) is 10.1 Å². The molecule has 3 N–H and O–H groups in total. The average molecular weight is 289 g/mol. The Morgan fingerprint density at radius 3 is 2.40 bits per heavy atom. The molecule has 0 aromatic heterocycles. The fraction of sp³-hybridized carbons (Fsp3) is 0.500. The summed E-state index contributed by atoms with van der Waals surface area (Å²) in [7, 11) is 0. The number of halogens is 2. The van der Waals surface area contributed by atoms with Crippen molar-refractivity contribution >= 4 is 17.1 Å². The predicted molar refractivity (Wildman–Crippen MR) is 72.4 cm³/mol. The van der Waals surface area contributed by atoms with Gasteiger partial charge in [0.25, 0.3) is 11.6 Å². The van der Waals surface area contributed by atoms with E-state index in [-0.39, 0.29) is 11.4 Å². The van der Waals surface area contributed by atoms with Crippen LogP contribution in [0.15, 0.2) is 18.2 Å². The first kappa shape index (κ1) is 16.1. The number of anilines is 2. The van der Waals surface area contributed by atoms with E-state index in [0.717, 1.165) is 6.42 Å². The molecule has 0 aliphatic rings. The second-order valence-corrected chi connectivity index (χ2v) is 4.32. The van der Waals surface area contributed by atoms with E-state index in [0.29, 0.717) is 12.2 Å². The topological polar surface area (TPSA) is 87.4 Å². The van der Waals surface area contributed by atoms with E-state index < -0.39 is 24.0 Å². The van der Waals surface area contributed by atoms with Gasteiger partial charge in [0, 0.05) is 30.1 Å². The van der Waals surface area contributed by atoms with Gasteiger partial charge in [-0.2, -0.15) is 0 Å². The van der Waals surface area contributed by atoms with Gasteiger partial charge in [-0.25, -0.2) is 8.78 Å². The van der Waals surface area contributed by atoms with E-state index in [2.05, 4.69) is 10.6 Å². The van der Waals surface area contributed by atoms with Crippen LogP contribution in [0.1, 0.15) is 13.3 Å². The molecule has 20 heavy (non-hydrogen) atoms. The SMILES string of the molecule is CCCNc1cc(NCC(F)(F)CO)cc([N+](=O)[O-])c1. The summed E-state index contributed by atoms with van der Waals surface area (Å²) in [5.74, 6) is -3.28. The standard InChI is InChI=1S/C12H17F2N3O3/c1-2-3-15-9-4-10(6-11(5-9)17(19)20)16-7-12(13,14)8-18/h4-6,15-16,18H,2-3,7-8H2,1H3. The van der Waals surface area contributed by atoms with Crippen molar-refractivity contribution in [1.29, 1.82) is 0 Å². The smallest absolute Gasteiger partial charge is 0.287 e. The number of alkyl halides is 2. The number of nitro benzene ring substituents is 1. The molecule has 0 radical (unpaired) electrons. The number of non-ortho nitro benzene ring substituents is 1. The minimum Gasteiger partial charge on any atom is -0.390 e. The fourth-order valence-corrected chi connectivity index (χ4v) is 1.48. The molecule has 112 valence electrons. The van der Waals surface area contributed by atoms with Crippen LogP contribution in [0.25, 0.3) is 0 Å². The minimum atomic E-state index is -3.28. The van der Waals surface area contributed by atoms with Gasteiger partial charge in [0.05, 0.1) is 11.5 Å². The molecule has 0 heterocycles.